The zero-order valence-corrected chi connectivity index (χ0v) is 24.9. The van der Waals surface area contributed by atoms with Crippen molar-refractivity contribution in [3.05, 3.63) is 41.6 Å². The molecule has 0 atom stereocenters. The van der Waals surface area contributed by atoms with Gasteiger partial charge in [-0.3, -0.25) is 0 Å². The Bertz CT molecular complexity index is 1020. The summed E-state index contributed by atoms with van der Waals surface area (Å²) in [5, 5.41) is 10.00. The van der Waals surface area contributed by atoms with Crippen LogP contribution < -0.4 is 4.74 Å². The standard InChI is InChI=1S/C15H9I5O7S/c16-7-5-8(17)13(21)12(20)11(7)15(22)27-2-1-26-6-3-9(18)14(10(19)4-6)28(23,24)25/h3-5,21H,1-2H2,(H,23,24,25)/p-1. The lowest BCUT2D eigenvalue weighted by Crippen LogP contribution is -2.15. The van der Waals surface area contributed by atoms with Crippen LogP contribution in [0.5, 0.6) is 11.5 Å². The number of halogens is 5. The Kier molecular flexibility index (Phi) is 9.58. The van der Waals surface area contributed by atoms with Crippen molar-refractivity contribution in [2.75, 3.05) is 13.2 Å². The zero-order valence-electron chi connectivity index (χ0n) is 13.3. The summed E-state index contributed by atoms with van der Waals surface area (Å²) in [5.41, 5.74) is 0.285. The molecule has 2 rings (SSSR count). The van der Waals surface area contributed by atoms with Crippen molar-refractivity contribution < 1.29 is 32.3 Å². The van der Waals surface area contributed by atoms with Gasteiger partial charge in [-0.25, -0.2) is 13.2 Å². The van der Waals surface area contributed by atoms with Gasteiger partial charge in [0.1, 0.15) is 34.8 Å². The van der Waals surface area contributed by atoms with E-state index in [0.29, 0.717) is 16.5 Å². The number of rotatable bonds is 6. The average Bonchev–Trinajstić information content (AvgIpc) is 2.55. The molecule has 2 aromatic rings. The fourth-order valence-electron chi connectivity index (χ4n) is 1.99. The van der Waals surface area contributed by atoms with E-state index in [-0.39, 0.29) is 36.6 Å². The van der Waals surface area contributed by atoms with Gasteiger partial charge < -0.3 is 19.1 Å². The second kappa shape index (κ2) is 10.6. The summed E-state index contributed by atoms with van der Waals surface area (Å²) in [6.07, 6.45) is 0. The minimum Gasteiger partial charge on any atom is -0.744 e. The van der Waals surface area contributed by atoms with Gasteiger partial charge >= 0.3 is 5.97 Å². The molecular weight excluding hydrogens is 959 g/mol. The molecule has 0 aromatic heterocycles. The Hall–Kier alpha value is 1.07. The molecule has 2 aromatic carbocycles. The van der Waals surface area contributed by atoms with Crippen LogP contribution in [-0.2, 0) is 14.9 Å². The molecule has 0 bridgehead atoms. The molecule has 0 aliphatic rings. The molecule has 13 heteroatoms. The van der Waals surface area contributed by atoms with E-state index in [2.05, 4.69) is 0 Å². The number of benzene rings is 2. The summed E-state index contributed by atoms with van der Waals surface area (Å²) < 4.78 is 46.7. The highest BCUT2D eigenvalue weighted by Crippen LogP contribution is 2.33. The topological polar surface area (TPSA) is 113 Å². The first kappa shape index (κ1) is 25.3. The van der Waals surface area contributed by atoms with Gasteiger partial charge in [-0.2, -0.15) is 0 Å². The SMILES string of the molecule is O=C(OCCOc1cc(I)c(S(=O)(=O)[O-])c(I)c1)c1c(I)cc(I)c(O)c1I. The van der Waals surface area contributed by atoms with Gasteiger partial charge in [-0.05, 0) is 131 Å². The van der Waals surface area contributed by atoms with E-state index in [1.807, 2.05) is 67.8 Å². The highest BCUT2D eigenvalue weighted by molar-refractivity contribution is 14.1. The molecule has 0 spiro atoms. The van der Waals surface area contributed by atoms with Crippen molar-refractivity contribution in [1.29, 1.82) is 0 Å². The first-order valence-corrected chi connectivity index (χ1v) is 13.8. The maximum Gasteiger partial charge on any atom is 0.340 e. The van der Waals surface area contributed by atoms with E-state index in [0.717, 1.165) is 0 Å². The van der Waals surface area contributed by atoms with E-state index in [4.69, 9.17) is 9.47 Å². The van der Waals surface area contributed by atoms with Crippen LogP contribution in [0.25, 0.3) is 0 Å². The molecule has 152 valence electrons. The summed E-state index contributed by atoms with van der Waals surface area (Å²) in [5.74, 6) is -0.197. The number of carbonyl (C=O) groups excluding carboxylic acids is 1. The van der Waals surface area contributed by atoms with Gasteiger partial charge in [0.2, 0.25) is 0 Å². The Morgan fingerprint density at radius 1 is 0.964 bits per heavy atom. The fourth-order valence-corrected chi connectivity index (χ4v) is 9.73. The van der Waals surface area contributed by atoms with Crippen molar-refractivity contribution in [3.63, 3.8) is 0 Å². The minimum atomic E-state index is -4.58. The Labute approximate surface area is 229 Å². The summed E-state index contributed by atoms with van der Waals surface area (Å²) in [4.78, 5) is 12.0. The minimum absolute atomic E-state index is 0.0300. The van der Waals surface area contributed by atoms with E-state index in [1.165, 1.54) is 12.1 Å². The van der Waals surface area contributed by atoms with Crippen molar-refractivity contribution in [2.45, 2.75) is 4.90 Å². The van der Waals surface area contributed by atoms with Crippen LogP contribution in [0.1, 0.15) is 10.4 Å². The van der Waals surface area contributed by atoms with Gasteiger partial charge in [0.15, 0.2) is 0 Å². The Morgan fingerprint density at radius 3 is 2.07 bits per heavy atom. The maximum absolute atomic E-state index is 12.3. The molecule has 0 saturated carbocycles. The van der Waals surface area contributed by atoms with Crippen LogP contribution in [0.2, 0.25) is 0 Å². The smallest absolute Gasteiger partial charge is 0.340 e. The Morgan fingerprint density at radius 2 is 1.54 bits per heavy atom. The molecule has 0 aliphatic heterocycles. The van der Waals surface area contributed by atoms with E-state index >= 15 is 0 Å². The monoisotopic (exact) mass is 967 g/mol. The lowest BCUT2D eigenvalue weighted by Gasteiger charge is -2.14. The number of carbonyl (C=O) groups is 1. The van der Waals surface area contributed by atoms with Crippen LogP contribution in [0.4, 0.5) is 0 Å². The highest BCUT2D eigenvalue weighted by Gasteiger charge is 2.21. The number of ether oxygens (including phenoxy) is 2. The number of phenols is 1. The fraction of sp³-hybridized carbons (Fsp3) is 0.133. The van der Waals surface area contributed by atoms with Crippen LogP contribution in [0, 0.1) is 17.9 Å². The molecular formula is C15H8I5O7S-. The summed E-state index contributed by atoms with van der Waals surface area (Å²) in [7, 11) is -4.58. The lowest BCUT2D eigenvalue weighted by atomic mass is 10.2. The van der Waals surface area contributed by atoms with Gasteiger partial charge in [-0.15, -0.1) is 0 Å². The van der Waals surface area contributed by atoms with Gasteiger partial charge in [-0.1, -0.05) is 0 Å². The predicted molar refractivity (Wildman–Crippen MR) is 142 cm³/mol. The number of hydrogen-bond donors (Lipinski definition) is 1. The Balaban J connectivity index is 2.02. The molecule has 0 radical (unpaired) electrons. The molecule has 0 fully saturated rings. The largest absolute Gasteiger partial charge is 0.744 e. The van der Waals surface area contributed by atoms with Crippen LogP contribution in [0.15, 0.2) is 23.1 Å². The molecule has 0 amide bonds. The number of aromatic hydroxyl groups is 1. The second-order valence-corrected chi connectivity index (χ2v) is 12.1. The first-order chi connectivity index (χ1) is 12.9. The number of hydrogen-bond acceptors (Lipinski definition) is 7. The second-order valence-electron chi connectivity index (χ2n) is 5.03. The van der Waals surface area contributed by atoms with Crippen molar-refractivity contribution in [1.82, 2.24) is 0 Å². The predicted octanol–water partition coefficient (Wildman–Crippen LogP) is 4.56. The van der Waals surface area contributed by atoms with E-state index < -0.39 is 16.1 Å². The number of phenolic OH excluding ortho intramolecular Hbond substituents is 1. The van der Waals surface area contributed by atoms with Crippen molar-refractivity contribution in [3.8, 4) is 11.5 Å². The maximum atomic E-state index is 12.3. The molecule has 0 saturated heterocycles. The molecule has 28 heavy (non-hydrogen) atoms. The first-order valence-electron chi connectivity index (χ1n) is 7.04. The number of esters is 1. The van der Waals surface area contributed by atoms with Gasteiger partial charge in [0.25, 0.3) is 0 Å². The van der Waals surface area contributed by atoms with Crippen molar-refractivity contribution in [2.24, 2.45) is 0 Å². The summed E-state index contributed by atoms with van der Waals surface area (Å²) in [6.45, 7) is -0.0165. The average molecular weight is 967 g/mol. The third-order valence-electron chi connectivity index (χ3n) is 3.16. The normalized spacial score (nSPS) is 11.4. The zero-order chi connectivity index (χ0) is 21.2. The lowest BCUT2D eigenvalue weighted by molar-refractivity contribution is 0.0447. The third kappa shape index (κ3) is 6.29. The highest BCUT2D eigenvalue weighted by atomic mass is 127. The summed E-state index contributed by atoms with van der Waals surface area (Å²) >= 11 is 9.38. The third-order valence-corrected chi connectivity index (χ3v) is 9.25. The van der Waals surface area contributed by atoms with Gasteiger partial charge in [0.05, 0.1) is 17.6 Å². The van der Waals surface area contributed by atoms with E-state index in [9.17, 15) is 22.9 Å². The van der Waals surface area contributed by atoms with Crippen LogP contribution in [0.3, 0.4) is 0 Å². The van der Waals surface area contributed by atoms with Crippen LogP contribution >= 0.6 is 113 Å². The quantitative estimate of drug-likeness (QED) is 0.196. The molecule has 0 aliphatic carbocycles. The molecule has 0 unspecified atom stereocenters. The summed E-state index contributed by atoms with van der Waals surface area (Å²) in [6, 6.07) is 4.54. The molecule has 1 N–H and O–H groups in total. The van der Waals surface area contributed by atoms with E-state index in [1.54, 1.807) is 51.2 Å². The van der Waals surface area contributed by atoms with Gasteiger partial charge in [0, 0.05) is 10.7 Å². The molecule has 0 heterocycles. The van der Waals surface area contributed by atoms with Crippen LogP contribution in [-0.4, -0.2) is 37.3 Å². The molecule has 7 nitrogen and oxygen atoms in total. The van der Waals surface area contributed by atoms with Crippen molar-refractivity contribution >= 4 is 129 Å².